The third kappa shape index (κ3) is 4.57. The van der Waals surface area contributed by atoms with Crippen molar-refractivity contribution in [2.75, 3.05) is 33.4 Å². The van der Waals surface area contributed by atoms with Crippen molar-refractivity contribution in [2.24, 2.45) is 5.73 Å². The van der Waals surface area contributed by atoms with Gasteiger partial charge in [-0.1, -0.05) is 12.1 Å². The Labute approximate surface area is 158 Å². The monoisotopic (exact) mass is 372 g/mol. The molecule has 2 aromatic carbocycles. The summed E-state index contributed by atoms with van der Waals surface area (Å²) in [4.78, 5) is 14.9. The normalized spacial score (nSPS) is 16.4. The highest BCUT2D eigenvalue weighted by Crippen LogP contribution is 2.31. The number of rotatable bonds is 7. The predicted octanol–water partition coefficient (Wildman–Crippen LogP) is 3.19. The van der Waals surface area contributed by atoms with Gasteiger partial charge < -0.3 is 20.1 Å². The molecule has 2 N–H and O–H groups in total. The number of likely N-dealkylation sites (tertiary alicyclic amines) is 1. The zero-order valence-corrected chi connectivity index (χ0v) is 15.5. The van der Waals surface area contributed by atoms with Gasteiger partial charge in [-0.05, 0) is 55.3 Å². The molecule has 0 aromatic heterocycles. The Morgan fingerprint density at radius 3 is 2.74 bits per heavy atom. The number of amides is 1. The highest BCUT2D eigenvalue weighted by Gasteiger charge is 2.29. The second kappa shape index (κ2) is 8.86. The summed E-state index contributed by atoms with van der Waals surface area (Å²) in [6, 6.07) is 11.8. The second-order valence-corrected chi connectivity index (χ2v) is 6.64. The number of benzene rings is 2. The van der Waals surface area contributed by atoms with Gasteiger partial charge >= 0.3 is 0 Å². The van der Waals surface area contributed by atoms with Gasteiger partial charge in [0.25, 0.3) is 5.91 Å². The summed E-state index contributed by atoms with van der Waals surface area (Å²) < 4.78 is 24.2. The lowest BCUT2D eigenvalue weighted by atomic mass is 9.98. The maximum Gasteiger partial charge on any atom is 0.257 e. The molecule has 144 valence electrons. The van der Waals surface area contributed by atoms with Gasteiger partial charge in [0.1, 0.15) is 17.3 Å². The van der Waals surface area contributed by atoms with Crippen molar-refractivity contribution in [1.29, 1.82) is 0 Å². The summed E-state index contributed by atoms with van der Waals surface area (Å²) >= 11 is 0. The molecule has 6 heteroatoms. The van der Waals surface area contributed by atoms with Crippen molar-refractivity contribution in [3.05, 3.63) is 59.4 Å². The molecule has 1 aliphatic rings. The van der Waals surface area contributed by atoms with Crippen molar-refractivity contribution >= 4 is 5.91 Å². The molecule has 0 unspecified atom stereocenters. The van der Waals surface area contributed by atoms with Crippen LogP contribution >= 0.6 is 0 Å². The van der Waals surface area contributed by atoms with Gasteiger partial charge in [-0.2, -0.15) is 0 Å². The number of carbonyl (C=O) groups is 1. The smallest absolute Gasteiger partial charge is 0.257 e. The fourth-order valence-electron chi connectivity index (χ4n) is 3.32. The van der Waals surface area contributed by atoms with Crippen LogP contribution in [-0.4, -0.2) is 44.2 Å². The summed E-state index contributed by atoms with van der Waals surface area (Å²) in [5.41, 5.74) is 7.06. The molecule has 0 radical (unpaired) electrons. The first-order valence-electron chi connectivity index (χ1n) is 9.18. The van der Waals surface area contributed by atoms with Crippen molar-refractivity contribution in [3.63, 3.8) is 0 Å². The van der Waals surface area contributed by atoms with Crippen molar-refractivity contribution in [1.82, 2.24) is 4.90 Å². The van der Waals surface area contributed by atoms with Gasteiger partial charge in [0.2, 0.25) is 0 Å². The number of carbonyl (C=O) groups excluding carboxylic acids is 1. The molecule has 27 heavy (non-hydrogen) atoms. The van der Waals surface area contributed by atoms with Gasteiger partial charge in [-0.15, -0.1) is 0 Å². The largest absolute Gasteiger partial charge is 0.497 e. The van der Waals surface area contributed by atoms with E-state index in [4.69, 9.17) is 15.2 Å². The SMILES string of the molecule is COc1ccc(OCCCN)c(C(=O)N2CC[C@H](c3ccc(F)cc3)C2)c1. The molecule has 0 spiro atoms. The first-order chi connectivity index (χ1) is 13.1. The molecule has 1 heterocycles. The number of hydrogen-bond acceptors (Lipinski definition) is 4. The molecule has 1 aliphatic heterocycles. The summed E-state index contributed by atoms with van der Waals surface area (Å²) in [5, 5.41) is 0. The van der Waals surface area contributed by atoms with Crippen molar-refractivity contribution < 1.29 is 18.7 Å². The average Bonchev–Trinajstić information content (AvgIpc) is 3.18. The first-order valence-corrected chi connectivity index (χ1v) is 9.18. The number of hydrogen-bond donors (Lipinski definition) is 1. The zero-order chi connectivity index (χ0) is 19.2. The highest BCUT2D eigenvalue weighted by molar-refractivity contribution is 5.97. The molecule has 5 nitrogen and oxygen atoms in total. The molecule has 0 saturated carbocycles. The van der Waals surface area contributed by atoms with E-state index in [0.29, 0.717) is 43.3 Å². The average molecular weight is 372 g/mol. The molecule has 1 atom stereocenters. The van der Waals surface area contributed by atoms with Crippen molar-refractivity contribution in [3.8, 4) is 11.5 Å². The van der Waals surface area contributed by atoms with E-state index < -0.39 is 0 Å². The van der Waals surface area contributed by atoms with Crippen LogP contribution in [0.15, 0.2) is 42.5 Å². The molecular weight excluding hydrogens is 347 g/mol. The minimum atomic E-state index is -0.250. The van der Waals surface area contributed by atoms with E-state index in [1.54, 1.807) is 37.4 Å². The molecule has 0 bridgehead atoms. The van der Waals surface area contributed by atoms with E-state index in [1.807, 2.05) is 4.90 Å². The topological polar surface area (TPSA) is 64.8 Å². The summed E-state index contributed by atoms with van der Waals surface area (Å²) in [6.45, 7) is 2.25. The van der Waals surface area contributed by atoms with Crippen LogP contribution in [0.5, 0.6) is 11.5 Å². The summed E-state index contributed by atoms with van der Waals surface area (Å²) in [6.07, 6.45) is 1.57. The highest BCUT2D eigenvalue weighted by atomic mass is 19.1. The standard InChI is InChI=1S/C21H25FN2O3/c1-26-18-7-8-20(27-12-2-10-23)19(13-18)21(25)24-11-9-16(14-24)15-3-5-17(22)6-4-15/h3-8,13,16H,2,9-12,14,23H2,1H3/t16-/m0/s1. The quantitative estimate of drug-likeness (QED) is 0.758. The van der Waals surface area contributed by atoms with E-state index in [-0.39, 0.29) is 17.6 Å². The number of halogens is 1. The van der Waals surface area contributed by atoms with Crippen LogP contribution in [0.3, 0.4) is 0 Å². The summed E-state index contributed by atoms with van der Waals surface area (Å²) in [5.74, 6) is 1.03. The lowest BCUT2D eigenvalue weighted by Crippen LogP contribution is -2.29. The van der Waals surface area contributed by atoms with E-state index in [0.717, 1.165) is 18.4 Å². The molecule has 1 fully saturated rings. The van der Waals surface area contributed by atoms with Crippen LogP contribution in [0.1, 0.15) is 34.7 Å². The Balaban J connectivity index is 1.75. The molecular formula is C21H25FN2O3. The van der Waals surface area contributed by atoms with Gasteiger partial charge in [0.05, 0.1) is 19.3 Å². The Hall–Kier alpha value is -2.60. The second-order valence-electron chi connectivity index (χ2n) is 6.64. The maximum absolute atomic E-state index is 13.1. The fraction of sp³-hybridized carbons (Fsp3) is 0.381. The van der Waals surface area contributed by atoms with Gasteiger partial charge in [0, 0.05) is 19.0 Å². The lowest BCUT2D eigenvalue weighted by Gasteiger charge is -2.19. The molecule has 1 amide bonds. The number of methoxy groups -OCH3 is 1. The minimum Gasteiger partial charge on any atom is -0.497 e. The van der Waals surface area contributed by atoms with Crippen LogP contribution in [-0.2, 0) is 0 Å². The van der Waals surface area contributed by atoms with Gasteiger partial charge in [-0.25, -0.2) is 4.39 Å². The Morgan fingerprint density at radius 1 is 1.26 bits per heavy atom. The van der Waals surface area contributed by atoms with Crippen molar-refractivity contribution in [2.45, 2.75) is 18.8 Å². The van der Waals surface area contributed by atoms with E-state index >= 15 is 0 Å². The van der Waals surface area contributed by atoms with E-state index in [1.165, 1.54) is 12.1 Å². The molecule has 0 aliphatic carbocycles. The summed E-state index contributed by atoms with van der Waals surface area (Å²) in [7, 11) is 1.57. The Morgan fingerprint density at radius 2 is 2.04 bits per heavy atom. The Kier molecular flexibility index (Phi) is 6.29. The lowest BCUT2D eigenvalue weighted by molar-refractivity contribution is 0.0786. The maximum atomic E-state index is 13.1. The van der Waals surface area contributed by atoms with Gasteiger partial charge in [0.15, 0.2) is 0 Å². The number of nitrogens with two attached hydrogens (primary N) is 1. The van der Waals surface area contributed by atoms with Crippen LogP contribution in [0.2, 0.25) is 0 Å². The van der Waals surface area contributed by atoms with Crippen LogP contribution in [0.4, 0.5) is 4.39 Å². The van der Waals surface area contributed by atoms with E-state index in [9.17, 15) is 9.18 Å². The number of ether oxygens (including phenoxy) is 2. The third-order valence-electron chi connectivity index (χ3n) is 4.84. The molecule has 3 rings (SSSR count). The third-order valence-corrected chi connectivity index (χ3v) is 4.84. The Bertz CT molecular complexity index is 779. The van der Waals surface area contributed by atoms with Crippen LogP contribution in [0.25, 0.3) is 0 Å². The first kappa shape index (κ1) is 19.2. The fourth-order valence-corrected chi connectivity index (χ4v) is 3.32. The van der Waals surface area contributed by atoms with E-state index in [2.05, 4.69) is 0 Å². The molecule has 1 saturated heterocycles. The molecule has 2 aromatic rings. The zero-order valence-electron chi connectivity index (χ0n) is 15.5. The van der Waals surface area contributed by atoms with Gasteiger partial charge in [-0.3, -0.25) is 4.79 Å². The van der Waals surface area contributed by atoms with Crippen LogP contribution < -0.4 is 15.2 Å². The van der Waals surface area contributed by atoms with Crippen LogP contribution in [0, 0.1) is 5.82 Å². The minimum absolute atomic E-state index is 0.0822. The number of nitrogens with zero attached hydrogens (tertiary/aromatic N) is 1. The predicted molar refractivity (Wildman–Crippen MR) is 102 cm³/mol.